The summed E-state index contributed by atoms with van der Waals surface area (Å²) in [5.41, 5.74) is 7.11. The van der Waals surface area contributed by atoms with Crippen LogP contribution in [0.4, 0.5) is 5.69 Å². The van der Waals surface area contributed by atoms with Gasteiger partial charge < -0.3 is 25.4 Å². The molecule has 6 nitrogen and oxygen atoms in total. The molecule has 1 aliphatic heterocycles. The zero-order chi connectivity index (χ0) is 17.0. The number of benzene rings is 1. The lowest BCUT2D eigenvalue weighted by atomic mass is 9.96. The smallest absolute Gasteiger partial charge is 0.193 e. The molecule has 1 aliphatic carbocycles. The van der Waals surface area contributed by atoms with Crippen LogP contribution in [0.5, 0.6) is 11.5 Å². The fraction of sp³-hybridized carbons (Fsp3) is 0.611. The number of guanidine groups is 1. The van der Waals surface area contributed by atoms with E-state index in [0.717, 1.165) is 30.2 Å². The van der Waals surface area contributed by atoms with E-state index in [1.165, 1.54) is 25.7 Å². The fourth-order valence-electron chi connectivity index (χ4n) is 3.44. The van der Waals surface area contributed by atoms with Crippen LogP contribution in [0.15, 0.2) is 23.2 Å². The molecule has 0 aromatic heterocycles. The maximum atomic E-state index is 6.10. The lowest BCUT2D eigenvalue weighted by Crippen LogP contribution is -2.45. The van der Waals surface area contributed by atoms with E-state index >= 15 is 0 Å². The van der Waals surface area contributed by atoms with Gasteiger partial charge in [0.05, 0.1) is 19.8 Å². The van der Waals surface area contributed by atoms with Crippen molar-refractivity contribution in [1.29, 1.82) is 0 Å². The first-order valence-corrected chi connectivity index (χ1v) is 8.73. The third-order valence-electron chi connectivity index (χ3n) is 5.05. The van der Waals surface area contributed by atoms with Gasteiger partial charge in [-0.3, -0.25) is 4.99 Å². The number of halogens is 1. The third kappa shape index (κ3) is 4.91. The first kappa shape index (κ1) is 20.1. The molecule has 0 unspecified atom stereocenters. The number of hydrogen-bond acceptors (Lipinski definition) is 4. The Hall–Kier alpha value is -1.22. The Kier molecular flexibility index (Phi) is 7.18. The van der Waals surface area contributed by atoms with Crippen molar-refractivity contribution in [3.8, 4) is 11.5 Å². The molecular formula is C18H29IN4O2. The van der Waals surface area contributed by atoms with Gasteiger partial charge in [0.1, 0.15) is 0 Å². The van der Waals surface area contributed by atoms with Gasteiger partial charge in [-0.1, -0.05) is 12.8 Å². The molecule has 0 amide bonds. The largest absolute Gasteiger partial charge is 0.490 e. The summed E-state index contributed by atoms with van der Waals surface area (Å²) < 4.78 is 11.4. The SMILES string of the molecule is CN(C)C1(CN=C(N)Nc2ccc3c(c2)OCCCO3)CCCC1.I. The van der Waals surface area contributed by atoms with Crippen LogP contribution in [0.2, 0.25) is 0 Å². The first-order chi connectivity index (χ1) is 11.6. The molecule has 1 aromatic rings. The predicted octanol–water partition coefficient (Wildman–Crippen LogP) is 3.07. The molecule has 1 aromatic carbocycles. The minimum absolute atomic E-state index is 0. The number of likely N-dealkylation sites (N-methyl/N-ethyl adjacent to an activating group) is 1. The van der Waals surface area contributed by atoms with E-state index in [4.69, 9.17) is 15.2 Å². The molecule has 25 heavy (non-hydrogen) atoms. The van der Waals surface area contributed by atoms with Gasteiger partial charge in [0.15, 0.2) is 17.5 Å². The van der Waals surface area contributed by atoms with Gasteiger partial charge in [0, 0.05) is 23.7 Å². The van der Waals surface area contributed by atoms with E-state index in [2.05, 4.69) is 29.3 Å². The highest BCUT2D eigenvalue weighted by Gasteiger charge is 2.35. The zero-order valence-corrected chi connectivity index (χ0v) is 17.4. The average Bonchev–Trinajstić information content (AvgIpc) is 2.93. The molecular weight excluding hydrogens is 431 g/mol. The topological polar surface area (TPSA) is 72.1 Å². The molecule has 0 radical (unpaired) electrons. The van der Waals surface area contributed by atoms with Gasteiger partial charge in [0.25, 0.3) is 0 Å². The second kappa shape index (κ2) is 8.93. The minimum atomic E-state index is 0. The highest BCUT2D eigenvalue weighted by molar-refractivity contribution is 14.0. The number of nitrogens with one attached hydrogen (secondary N) is 1. The van der Waals surface area contributed by atoms with E-state index in [-0.39, 0.29) is 29.5 Å². The number of nitrogens with two attached hydrogens (primary N) is 1. The highest BCUT2D eigenvalue weighted by Crippen LogP contribution is 2.34. The van der Waals surface area contributed by atoms with E-state index in [1.54, 1.807) is 0 Å². The Morgan fingerprint density at radius 3 is 2.52 bits per heavy atom. The molecule has 3 rings (SSSR count). The van der Waals surface area contributed by atoms with Crippen LogP contribution < -0.4 is 20.5 Å². The van der Waals surface area contributed by atoms with Crippen molar-refractivity contribution in [1.82, 2.24) is 4.90 Å². The monoisotopic (exact) mass is 460 g/mol. The van der Waals surface area contributed by atoms with Crippen LogP contribution in [0.1, 0.15) is 32.1 Å². The van der Waals surface area contributed by atoms with E-state index in [1.807, 2.05) is 18.2 Å². The molecule has 1 saturated carbocycles. The van der Waals surface area contributed by atoms with Crippen LogP contribution in [-0.4, -0.2) is 50.3 Å². The molecule has 0 bridgehead atoms. The van der Waals surface area contributed by atoms with Crippen LogP contribution >= 0.6 is 24.0 Å². The van der Waals surface area contributed by atoms with Crippen molar-refractivity contribution >= 4 is 35.6 Å². The van der Waals surface area contributed by atoms with E-state index in [9.17, 15) is 0 Å². The third-order valence-corrected chi connectivity index (χ3v) is 5.05. The molecule has 0 atom stereocenters. The second-order valence-corrected chi connectivity index (χ2v) is 6.86. The summed E-state index contributed by atoms with van der Waals surface area (Å²) in [5, 5.41) is 3.17. The maximum Gasteiger partial charge on any atom is 0.193 e. The van der Waals surface area contributed by atoms with Crippen molar-refractivity contribution in [2.24, 2.45) is 10.7 Å². The van der Waals surface area contributed by atoms with Gasteiger partial charge in [-0.05, 0) is 39.1 Å². The predicted molar refractivity (Wildman–Crippen MR) is 112 cm³/mol. The van der Waals surface area contributed by atoms with Crippen molar-refractivity contribution in [2.45, 2.75) is 37.6 Å². The number of anilines is 1. The lowest BCUT2D eigenvalue weighted by molar-refractivity contribution is 0.167. The number of hydrogen-bond donors (Lipinski definition) is 2. The number of nitrogens with zero attached hydrogens (tertiary/aromatic N) is 2. The van der Waals surface area contributed by atoms with Crippen molar-refractivity contribution in [3.05, 3.63) is 18.2 Å². The highest BCUT2D eigenvalue weighted by atomic mass is 127. The summed E-state index contributed by atoms with van der Waals surface area (Å²) in [6.45, 7) is 2.09. The summed E-state index contributed by atoms with van der Waals surface area (Å²) in [7, 11) is 4.27. The van der Waals surface area contributed by atoms with E-state index in [0.29, 0.717) is 19.2 Å². The number of rotatable bonds is 4. The van der Waals surface area contributed by atoms with Crippen molar-refractivity contribution in [3.63, 3.8) is 0 Å². The quantitative estimate of drug-likeness (QED) is 0.411. The Labute approximate surface area is 167 Å². The molecule has 0 saturated heterocycles. The van der Waals surface area contributed by atoms with Gasteiger partial charge >= 0.3 is 0 Å². The average molecular weight is 460 g/mol. The van der Waals surface area contributed by atoms with E-state index < -0.39 is 0 Å². The summed E-state index contributed by atoms with van der Waals surface area (Å²) >= 11 is 0. The zero-order valence-electron chi connectivity index (χ0n) is 15.1. The summed E-state index contributed by atoms with van der Waals surface area (Å²) in [6, 6.07) is 5.77. The lowest BCUT2D eigenvalue weighted by Gasteiger charge is -2.34. The Balaban J connectivity index is 0.00000225. The fourth-order valence-corrected chi connectivity index (χ4v) is 3.44. The normalized spacial score (nSPS) is 19.2. The number of aliphatic imine (C=N–C) groups is 1. The first-order valence-electron chi connectivity index (χ1n) is 8.73. The van der Waals surface area contributed by atoms with Crippen molar-refractivity contribution < 1.29 is 9.47 Å². The van der Waals surface area contributed by atoms with Gasteiger partial charge in [-0.2, -0.15) is 0 Å². The summed E-state index contributed by atoms with van der Waals surface area (Å²) in [5.74, 6) is 1.98. The molecule has 7 heteroatoms. The van der Waals surface area contributed by atoms with Gasteiger partial charge in [-0.15, -0.1) is 24.0 Å². The summed E-state index contributed by atoms with van der Waals surface area (Å²) in [6.07, 6.45) is 5.79. The molecule has 3 N–H and O–H groups in total. The Morgan fingerprint density at radius 1 is 1.16 bits per heavy atom. The minimum Gasteiger partial charge on any atom is -0.490 e. The number of fused-ring (bicyclic) bond motifs is 1. The molecule has 140 valence electrons. The Morgan fingerprint density at radius 2 is 1.84 bits per heavy atom. The standard InChI is InChI=1S/C18H28N4O2.HI/c1-22(2)18(8-3-4-9-18)13-20-17(19)21-14-6-7-15-16(12-14)24-11-5-10-23-15;/h6-7,12H,3-5,8-11,13H2,1-2H3,(H3,19,20,21);1H. The second-order valence-electron chi connectivity index (χ2n) is 6.86. The van der Waals surface area contributed by atoms with Crippen molar-refractivity contribution in [2.75, 3.05) is 39.2 Å². The van der Waals surface area contributed by atoms with Gasteiger partial charge in [-0.25, -0.2) is 0 Å². The molecule has 1 heterocycles. The molecule has 2 aliphatic rings. The van der Waals surface area contributed by atoms with Crippen LogP contribution in [0.3, 0.4) is 0 Å². The summed E-state index contributed by atoms with van der Waals surface area (Å²) in [4.78, 5) is 6.89. The number of ether oxygens (including phenoxy) is 2. The Bertz CT molecular complexity index is 601. The maximum absolute atomic E-state index is 6.10. The van der Waals surface area contributed by atoms with Gasteiger partial charge in [0.2, 0.25) is 0 Å². The van der Waals surface area contributed by atoms with Crippen LogP contribution in [-0.2, 0) is 0 Å². The van der Waals surface area contributed by atoms with Crippen LogP contribution in [0.25, 0.3) is 0 Å². The molecule has 0 spiro atoms. The van der Waals surface area contributed by atoms with Crippen LogP contribution in [0, 0.1) is 0 Å². The molecule has 1 fully saturated rings.